The molecule has 5 rings (SSSR count). The lowest BCUT2D eigenvalue weighted by molar-refractivity contribution is -0.128. The molecule has 1 saturated carbocycles. The van der Waals surface area contributed by atoms with E-state index in [-0.39, 0.29) is 23.1 Å². The molecule has 0 bridgehead atoms. The van der Waals surface area contributed by atoms with E-state index in [1.807, 2.05) is 18.2 Å². The van der Waals surface area contributed by atoms with Gasteiger partial charge in [0.1, 0.15) is 5.82 Å². The smallest absolute Gasteiger partial charge is 0.227 e. The van der Waals surface area contributed by atoms with E-state index in [2.05, 4.69) is 15.2 Å². The van der Waals surface area contributed by atoms with Gasteiger partial charge in [-0.1, -0.05) is 11.6 Å². The number of rotatable bonds is 3. The van der Waals surface area contributed by atoms with Crippen LogP contribution in [0.2, 0.25) is 5.02 Å². The molecule has 0 atom stereocenters. The molecule has 2 fully saturated rings. The molecule has 0 unspecified atom stereocenters. The summed E-state index contributed by atoms with van der Waals surface area (Å²) in [7, 11) is 0. The number of nitrogens with zero attached hydrogens (tertiary/aromatic N) is 2. The number of fused-ring (bicyclic) bond motifs is 1. The van der Waals surface area contributed by atoms with Crippen molar-refractivity contribution in [3.8, 4) is 0 Å². The Labute approximate surface area is 167 Å². The highest BCUT2D eigenvalue weighted by molar-refractivity contribution is 6.30. The zero-order chi connectivity index (χ0) is 19.3. The normalized spacial score (nSPS) is 18.0. The van der Waals surface area contributed by atoms with Crippen LogP contribution in [0.1, 0.15) is 12.8 Å². The number of nitrogens with one attached hydrogen (secondary N) is 1. The zero-order valence-electron chi connectivity index (χ0n) is 15.2. The van der Waals surface area contributed by atoms with Gasteiger partial charge in [-0.25, -0.2) is 4.39 Å². The maximum Gasteiger partial charge on any atom is 0.227 e. The van der Waals surface area contributed by atoms with Gasteiger partial charge >= 0.3 is 0 Å². The monoisotopic (exact) mass is 395 g/mol. The van der Waals surface area contributed by atoms with E-state index >= 15 is 0 Å². The van der Waals surface area contributed by atoms with E-state index in [0.717, 1.165) is 48.2 Å². The molecule has 0 radical (unpaired) electrons. The van der Waals surface area contributed by atoms with Crippen LogP contribution in [0, 0.1) is 17.2 Å². The van der Waals surface area contributed by atoms with Crippen molar-refractivity contribution in [2.75, 3.05) is 23.3 Å². The lowest BCUT2D eigenvalue weighted by atomic mass is 9.57. The van der Waals surface area contributed by atoms with Gasteiger partial charge in [-0.2, -0.15) is 0 Å². The Balaban J connectivity index is 1.22. The van der Waals surface area contributed by atoms with Crippen LogP contribution in [0.5, 0.6) is 0 Å². The van der Waals surface area contributed by atoms with Crippen molar-refractivity contribution in [2.24, 2.45) is 11.3 Å². The largest absolute Gasteiger partial charge is 0.370 e. The van der Waals surface area contributed by atoms with Crippen molar-refractivity contribution in [1.29, 1.82) is 0 Å². The van der Waals surface area contributed by atoms with Crippen LogP contribution in [0.15, 0.2) is 54.7 Å². The fraction of sp³-hybridized carbons (Fsp3) is 0.273. The summed E-state index contributed by atoms with van der Waals surface area (Å²) in [6.45, 7) is 1.79. The van der Waals surface area contributed by atoms with Crippen LogP contribution < -0.4 is 10.2 Å². The highest BCUT2D eigenvalue weighted by Crippen LogP contribution is 2.53. The maximum atomic E-state index is 13.7. The summed E-state index contributed by atoms with van der Waals surface area (Å²) in [6.07, 6.45) is 3.55. The number of aromatic nitrogens is 1. The average molecular weight is 396 g/mol. The van der Waals surface area contributed by atoms with Gasteiger partial charge in [0, 0.05) is 52.4 Å². The van der Waals surface area contributed by atoms with Crippen molar-refractivity contribution >= 4 is 39.8 Å². The minimum absolute atomic E-state index is 0.0458. The number of amides is 1. The molecule has 1 N–H and O–H groups in total. The molecule has 2 aliphatic rings. The molecule has 6 heteroatoms. The fourth-order valence-electron chi connectivity index (χ4n) is 4.52. The summed E-state index contributed by atoms with van der Waals surface area (Å²) >= 11 is 5.88. The minimum Gasteiger partial charge on any atom is -0.370 e. The lowest BCUT2D eigenvalue weighted by Crippen LogP contribution is -2.63. The van der Waals surface area contributed by atoms with Crippen molar-refractivity contribution in [2.45, 2.75) is 12.8 Å². The molecular weight excluding hydrogens is 377 g/mol. The average Bonchev–Trinajstić information content (AvgIpc) is 2.61. The number of hydrogen-bond donors (Lipinski definition) is 1. The maximum absolute atomic E-state index is 13.7. The Bertz CT molecular complexity index is 1060. The highest BCUT2D eigenvalue weighted by Gasteiger charge is 2.54. The molecule has 1 spiro atoms. The predicted octanol–water partition coefficient (Wildman–Crippen LogP) is 4.88. The first kappa shape index (κ1) is 17.4. The van der Waals surface area contributed by atoms with Gasteiger partial charge in [0.15, 0.2) is 0 Å². The molecular formula is C22H19ClFN3O. The first-order valence-corrected chi connectivity index (χ1v) is 9.75. The van der Waals surface area contributed by atoms with Crippen molar-refractivity contribution in [3.05, 3.63) is 65.6 Å². The van der Waals surface area contributed by atoms with Gasteiger partial charge in [-0.05, 0) is 61.4 Å². The number of halogens is 2. The summed E-state index contributed by atoms with van der Waals surface area (Å²) < 4.78 is 13.7. The lowest BCUT2D eigenvalue weighted by Gasteiger charge is -2.59. The van der Waals surface area contributed by atoms with Gasteiger partial charge in [-0.3, -0.25) is 9.78 Å². The molecule has 1 aliphatic heterocycles. The quantitative estimate of drug-likeness (QED) is 0.687. The molecule has 1 aromatic heterocycles. The molecule has 2 heterocycles. The molecule has 1 amide bonds. The van der Waals surface area contributed by atoms with E-state index in [9.17, 15) is 9.18 Å². The Kier molecular flexibility index (Phi) is 4.02. The number of benzene rings is 2. The first-order valence-electron chi connectivity index (χ1n) is 9.37. The van der Waals surface area contributed by atoms with Gasteiger partial charge in [0.2, 0.25) is 5.91 Å². The van der Waals surface area contributed by atoms with Crippen LogP contribution in [0.4, 0.5) is 15.8 Å². The van der Waals surface area contributed by atoms with Crippen LogP contribution in [-0.2, 0) is 4.79 Å². The summed E-state index contributed by atoms with van der Waals surface area (Å²) in [6, 6.07) is 13.8. The second kappa shape index (κ2) is 6.45. The Morgan fingerprint density at radius 3 is 2.64 bits per heavy atom. The molecule has 2 aromatic carbocycles. The minimum atomic E-state index is -0.250. The standard InChI is InChI=1S/C22H19ClFN3O/c23-15-1-4-17(5-2-15)26-21(28)14-10-22(11-14)12-27(13-22)20-7-8-25-19-6-3-16(24)9-18(19)20/h1-9,14H,10-13H2,(H,26,28). The molecule has 4 nitrogen and oxygen atoms in total. The second-order valence-corrected chi connectivity index (χ2v) is 8.39. The van der Waals surface area contributed by atoms with Crippen LogP contribution >= 0.6 is 11.6 Å². The number of carbonyl (C=O) groups is 1. The number of hydrogen-bond acceptors (Lipinski definition) is 3. The zero-order valence-corrected chi connectivity index (χ0v) is 15.9. The fourth-order valence-corrected chi connectivity index (χ4v) is 4.65. The van der Waals surface area contributed by atoms with E-state index in [4.69, 9.17) is 11.6 Å². The first-order chi connectivity index (χ1) is 13.5. The molecule has 28 heavy (non-hydrogen) atoms. The van der Waals surface area contributed by atoms with Crippen LogP contribution in [-0.4, -0.2) is 24.0 Å². The second-order valence-electron chi connectivity index (χ2n) is 7.95. The van der Waals surface area contributed by atoms with Crippen LogP contribution in [0.3, 0.4) is 0 Å². The Morgan fingerprint density at radius 1 is 1.14 bits per heavy atom. The van der Waals surface area contributed by atoms with Gasteiger partial charge in [-0.15, -0.1) is 0 Å². The third-order valence-corrected chi connectivity index (χ3v) is 6.17. The molecule has 1 aliphatic carbocycles. The topological polar surface area (TPSA) is 45.2 Å². The third-order valence-electron chi connectivity index (χ3n) is 5.92. The van der Waals surface area contributed by atoms with Gasteiger partial charge < -0.3 is 10.2 Å². The Morgan fingerprint density at radius 2 is 1.89 bits per heavy atom. The summed E-state index contributed by atoms with van der Waals surface area (Å²) in [5.74, 6) is -0.133. The van der Waals surface area contributed by atoms with Crippen LogP contribution in [0.25, 0.3) is 10.9 Å². The van der Waals surface area contributed by atoms with E-state index in [1.165, 1.54) is 6.07 Å². The molecule has 1 saturated heterocycles. The SMILES string of the molecule is O=C(Nc1ccc(Cl)cc1)C1CC2(C1)CN(c1ccnc3ccc(F)cc13)C2. The van der Waals surface area contributed by atoms with Crippen molar-refractivity contribution in [1.82, 2.24) is 4.98 Å². The predicted molar refractivity (Wildman–Crippen MR) is 109 cm³/mol. The number of pyridine rings is 1. The number of anilines is 2. The summed E-state index contributed by atoms with van der Waals surface area (Å²) in [5, 5.41) is 4.46. The van der Waals surface area contributed by atoms with Crippen molar-refractivity contribution in [3.63, 3.8) is 0 Å². The third kappa shape index (κ3) is 3.00. The van der Waals surface area contributed by atoms with E-state index < -0.39 is 0 Å². The number of carbonyl (C=O) groups excluding carboxylic acids is 1. The Hall–Kier alpha value is -2.66. The summed E-state index contributed by atoms with van der Waals surface area (Å²) in [4.78, 5) is 19.0. The van der Waals surface area contributed by atoms with Crippen molar-refractivity contribution < 1.29 is 9.18 Å². The van der Waals surface area contributed by atoms with Gasteiger partial charge in [0.05, 0.1) is 5.52 Å². The molecule has 142 valence electrons. The summed E-state index contributed by atoms with van der Waals surface area (Å²) in [5.41, 5.74) is 2.79. The van der Waals surface area contributed by atoms with E-state index in [1.54, 1.807) is 30.5 Å². The highest BCUT2D eigenvalue weighted by atomic mass is 35.5. The van der Waals surface area contributed by atoms with E-state index in [0.29, 0.717) is 5.02 Å². The molecule has 3 aromatic rings. The van der Waals surface area contributed by atoms with Gasteiger partial charge in [0.25, 0.3) is 0 Å².